The molecule has 0 bridgehead atoms. The van der Waals surface area contributed by atoms with Crippen molar-refractivity contribution in [3.05, 3.63) is 78.4 Å². The monoisotopic (exact) mass is 440 g/mol. The van der Waals surface area contributed by atoms with Gasteiger partial charge in [-0.15, -0.1) is 0 Å². The number of hydrogen-bond acceptors (Lipinski definition) is 4. The van der Waals surface area contributed by atoms with Crippen LogP contribution in [0.4, 0.5) is 0 Å². The lowest BCUT2D eigenvalue weighted by molar-refractivity contribution is 0.282. The molecule has 30 heavy (non-hydrogen) atoms. The number of rotatable bonds is 7. The summed E-state index contributed by atoms with van der Waals surface area (Å²) in [6.45, 7) is 8.24. The first-order valence-electron chi connectivity index (χ1n) is 10.2. The van der Waals surface area contributed by atoms with Gasteiger partial charge in [-0.2, -0.15) is 0 Å². The molecule has 3 nitrogen and oxygen atoms in total. The molecule has 0 aliphatic carbocycles. The zero-order chi connectivity index (χ0) is 21.8. The second-order valence-electron chi connectivity index (χ2n) is 8.59. The third kappa shape index (κ3) is 5.30. The molecule has 0 N–H and O–H groups in total. The molecule has 1 unspecified atom stereocenters. The van der Waals surface area contributed by atoms with Gasteiger partial charge >= 0.3 is 0 Å². The molecule has 0 radical (unpaired) electrons. The average Bonchev–Trinajstić information content (AvgIpc) is 2.72. The smallest absolute Gasteiger partial charge is 0.253 e. The quantitative estimate of drug-likeness (QED) is 0.282. The largest absolute Gasteiger partial charge is 0.482 e. The van der Waals surface area contributed by atoms with Crippen LogP contribution in [-0.4, -0.2) is 16.4 Å². The lowest BCUT2D eigenvalue weighted by atomic mass is 10.1. The lowest BCUT2D eigenvalue weighted by Gasteiger charge is -2.33. The minimum Gasteiger partial charge on any atom is -0.482 e. The van der Waals surface area contributed by atoms with Gasteiger partial charge in [-0.1, -0.05) is 94.4 Å². The van der Waals surface area contributed by atoms with Crippen molar-refractivity contribution >= 4 is 35.4 Å². The molecular weight excluding hydrogens is 411 g/mol. The van der Waals surface area contributed by atoms with Crippen LogP contribution in [0.15, 0.2) is 72.8 Å². The van der Waals surface area contributed by atoms with Crippen LogP contribution in [-0.2, 0) is 15.9 Å². The molecule has 0 aromatic heterocycles. The molecular formula is C25H29O3PS. The number of hydrogen-bond donors (Lipinski definition) is 0. The Hall–Kier alpha value is -2.16. The molecule has 158 valence electrons. The number of ether oxygens (including phenoxy) is 1. The van der Waals surface area contributed by atoms with E-state index in [0.29, 0.717) is 23.6 Å². The molecule has 0 spiro atoms. The SMILES string of the molecule is C[C@@H](CP(=O)(Oc1cccc2ccccc12)C(C)(C)C)C(=S)OCc1ccccc1. The van der Waals surface area contributed by atoms with Crippen LogP contribution in [0, 0.1) is 5.92 Å². The Balaban J connectivity index is 1.78. The van der Waals surface area contributed by atoms with E-state index in [1.165, 1.54) is 0 Å². The first kappa shape index (κ1) is 22.5. The molecule has 3 aromatic carbocycles. The van der Waals surface area contributed by atoms with Crippen LogP contribution in [0.2, 0.25) is 0 Å². The highest BCUT2D eigenvalue weighted by molar-refractivity contribution is 7.80. The van der Waals surface area contributed by atoms with E-state index in [1.54, 1.807) is 0 Å². The van der Waals surface area contributed by atoms with Gasteiger partial charge in [0.1, 0.15) is 12.4 Å². The van der Waals surface area contributed by atoms with Gasteiger partial charge in [0, 0.05) is 22.6 Å². The van der Waals surface area contributed by atoms with Gasteiger partial charge in [0.25, 0.3) is 7.37 Å². The summed E-state index contributed by atoms with van der Waals surface area (Å²) in [5, 5.41) is 1.95. The molecule has 5 heteroatoms. The second kappa shape index (κ2) is 9.32. The molecule has 3 rings (SSSR count). The molecule has 0 saturated carbocycles. The normalized spacial score (nSPS) is 14.7. The van der Waals surface area contributed by atoms with E-state index in [1.807, 2.05) is 100 Å². The van der Waals surface area contributed by atoms with Crippen molar-refractivity contribution in [2.75, 3.05) is 6.16 Å². The van der Waals surface area contributed by atoms with Crippen LogP contribution in [0.1, 0.15) is 33.3 Å². The van der Waals surface area contributed by atoms with Crippen molar-refractivity contribution in [1.82, 2.24) is 0 Å². The van der Waals surface area contributed by atoms with Gasteiger partial charge in [-0.05, 0) is 29.2 Å². The molecule has 0 aliphatic rings. The fraction of sp³-hybridized carbons (Fsp3) is 0.320. The summed E-state index contributed by atoms with van der Waals surface area (Å²) >= 11 is 5.51. The zero-order valence-corrected chi connectivity index (χ0v) is 19.7. The molecule has 0 fully saturated rings. The van der Waals surface area contributed by atoms with Gasteiger partial charge in [-0.3, -0.25) is 4.57 Å². The van der Waals surface area contributed by atoms with E-state index in [-0.39, 0.29) is 5.92 Å². The molecule has 0 aliphatic heterocycles. The molecule has 3 aromatic rings. The van der Waals surface area contributed by atoms with Gasteiger partial charge < -0.3 is 9.26 Å². The Morgan fingerprint density at radius 2 is 1.60 bits per heavy atom. The zero-order valence-electron chi connectivity index (χ0n) is 18.0. The Kier molecular flexibility index (Phi) is 7.00. The van der Waals surface area contributed by atoms with Crippen molar-refractivity contribution in [3.63, 3.8) is 0 Å². The fourth-order valence-corrected chi connectivity index (χ4v) is 5.71. The fourth-order valence-electron chi connectivity index (χ4n) is 3.19. The van der Waals surface area contributed by atoms with E-state index in [9.17, 15) is 4.57 Å². The van der Waals surface area contributed by atoms with Crippen molar-refractivity contribution in [3.8, 4) is 5.75 Å². The summed E-state index contributed by atoms with van der Waals surface area (Å²) in [7, 11) is -3.10. The highest BCUT2D eigenvalue weighted by Gasteiger charge is 2.41. The maximum Gasteiger partial charge on any atom is 0.253 e. The highest BCUT2D eigenvalue weighted by atomic mass is 32.1. The van der Waals surface area contributed by atoms with E-state index in [0.717, 1.165) is 16.3 Å². The van der Waals surface area contributed by atoms with E-state index in [2.05, 4.69) is 0 Å². The maximum atomic E-state index is 14.1. The summed E-state index contributed by atoms with van der Waals surface area (Å²) < 4.78 is 26.2. The van der Waals surface area contributed by atoms with Crippen molar-refractivity contribution in [2.45, 2.75) is 39.5 Å². The van der Waals surface area contributed by atoms with Crippen molar-refractivity contribution < 1.29 is 13.8 Å². The Morgan fingerprint density at radius 3 is 2.30 bits per heavy atom. The summed E-state index contributed by atoms with van der Waals surface area (Å²) in [5.41, 5.74) is 1.05. The summed E-state index contributed by atoms with van der Waals surface area (Å²) in [6.07, 6.45) is 0.327. The molecule has 2 atom stereocenters. The lowest BCUT2D eigenvalue weighted by Crippen LogP contribution is -2.26. The highest BCUT2D eigenvalue weighted by Crippen LogP contribution is 2.60. The average molecular weight is 441 g/mol. The van der Waals surface area contributed by atoms with Gasteiger partial charge in [0.2, 0.25) is 0 Å². The van der Waals surface area contributed by atoms with Crippen molar-refractivity contribution in [2.24, 2.45) is 5.92 Å². The van der Waals surface area contributed by atoms with Gasteiger partial charge in [0.05, 0.1) is 0 Å². The minimum absolute atomic E-state index is 0.177. The van der Waals surface area contributed by atoms with Gasteiger partial charge in [0.15, 0.2) is 5.05 Å². The number of thiocarbonyl (C=S) groups is 1. The number of benzene rings is 3. The maximum absolute atomic E-state index is 14.1. The first-order valence-corrected chi connectivity index (χ1v) is 12.4. The predicted octanol–water partition coefficient (Wildman–Crippen LogP) is 7.48. The van der Waals surface area contributed by atoms with E-state index < -0.39 is 12.5 Å². The van der Waals surface area contributed by atoms with Crippen LogP contribution < -0.4 is 4.52 Å². The number of fused-ring (bicyclic) bond motifs is 1. The Labute approximate surface area is 184 Å². The Morgan fingerprint density at radius 1 is 0.967 bits per heavy atom. The topological polar surface area (TPSA) is 35.5 Å². The van der Waals surface area contributed by atoms with Crippen LogP contribution in [0.3, 0.4) is 0 Å². The van der Waals surface area contributed by atoms with Crippen molar-refractivity contribution in [1.29, 1.82) is 0 Å². The minimum atomic E-state index is -3.10. The standard InChI is InChI=1S/C25H29O3PS/c1-19(24(30)27-17-20-11-6-5-7-12-20)18-29(26,25(2,3)4)28-23-16-10-14-21-13-8-9-15-22(21)23/h5-16,19H,17-18H2,1-4H3/t19-,29?/m0/s1. The van der Waals surface area contributed by atoms with E-state index >= 15 is 0 Å². The summed E-state index contributed by atoms with van der Waals surface area (Å²) in [6, 6.07) is 23.7. The molecule has 0 amide bonds. The van der Waals surface area contributed by atoms with Gasteiger partial charge in [-0.25, -0.2) is 0 Å². The van der Waals surface area contributed by atoms with E-state index in [4.69, 9.17) is 21.5 Å². The van der Waals surface area contributed by atoms with Crippen LogP contribution >= 0.6 is 19.6 Å². The Bertz CT molecular complexity index is 1050. The summed E-state index contributed by atoms with van der Waals surface area (Å²) in [5.74, 6) is 0.471. The molecule has 0 heterocycles. The predicted molar refractivity (Wildman–Crippen MR) is 130 cm³/mol. The summed E-state index contributed by atoms with van der Waals surface area (Å²) in [4.78, 5) is 0. The molecule has 0 saturated heterocycles. The third-order valence-electron chi connectivity index (χ3n) is 5.16. The second-order valence-corrected chi connectivity index (χ2v) is 12.2. The van der Waals surface area contributed by atoms with Crippen LogP contribution in [0.5, 0.6) is 5.75 Å². The van der Waals surface area contributed by atoms with Crippen LogP contribution in [0.25, 0.3) is 10.8 Å². The first-order chi connectivity index (χ1) is 14.2. The third-order valence-corrected chi connectivity index (χ3v) is 9.24.